The van der Waals surface area contributed by atoms with Crippen LogP contribution in [-0.4, -0.2) is 95.4 Å². The van der Waals surface area contributed by atoms with E-state index in [1.807, 2.05) is 12.2 Å². The molecule has 0 N–H and O–H groups in total. The molecule has 1 aliphatic carbocycles. The van der Waals surface area contributed by atoms with Crippen molar-refractivity contribution in [3.63, 3.8) is 0 Å². The molecule has 2 saturated heterocycles. The maximum absolute atomic E-state index is 15.1. The van der Waals surface area contributed by atoms with Gasteiger partial charge in [0, 0.05) is 59.2 Å². The Kier molecular flexibility index (Phi) is 15.5. The van der Waals surface area contributed by atoms with Gasteiger partial charge >= 0.3 is 12.1 Å². The Morgan fingerprint density at radius 3 is 2.45 bits per heavy atom. The maximum atomic E-state index is 15.1. The Morgan fingerprint density at radius 2 is 1.84 bits per heavy atom. The number of hydrogen-bond donors (Lipinski definition) is 0. The van der Waals surface area contributed by atoms with Crippen LogP contribution in [0.15, 0.2) is 36.4 Å². The molecule has 0 radical (unpaired) electrons. The van der Waals surface area contributed by atoms with Crippen molar-refractivity contribution in [2.24, 2.45) is 11.3 Å². The fourth-order valence-corrected chi connectivity index (χ4v) is 11.8. The van der Waals surface area contributed by atoms with Crippen LogP contribution < -0.4 is 9.64 Å². The summed E-state index contributed by atoms with van der Waals surface area (Å²) in [6.45, 7) is 14.1. The van der Waals surface area contributed by atoms with Crippen molar-refractivity contribution in [3.8, 4) is 17.6 Å². The molecular formula is C41H62N2O10SSi. The highest BCUT2D eigenvalue weighted by molar-refractivity contribution is 7.89. The van der Waals surface area contributed by atoms with Crippen LogP contribution in [0, 0.1) is 23.2 Å². The highest BCUT2D eigenvalue weighted by atomic mass is 32.2. The van der Waals surface area contributed by atoms with Crippen molar-refractivity contribution < 1.29 is 46.5 Å². The second kappa shape index (κ2) is 19.2. The zero-order chi connectivity index (χ0) is 40.4. The van der Waals surface area contributed by atoms with Crippen LogP contribution in [0.1, 0.15) is 85.5 Å². The van der Waals surface area contributed by atoms with Gasteiger partial charge in [-0.25, -0.2) is 13.2 Å². The lowest BCUT2D eigenvalue weighted by Crippen LogP contribution is -2.60. The summed E-state index contributed by atoms with van der Waals surface area (Å²) < 4.78 is 58.2. The zero-order valence-electron chi connectivity index (χ0n) is 34.1. The molecule has 3 aliphatic rings. The summed E-state index contributed by atoms with van der Waals surface area (Å²) in [5.74, 6) is 5.43. The fourth-order valence-electron chi connectivity index (χ4n) is 7.34. The summed E-state index contributed by atoms with van der Waals surface area (Å²) in [4.78, 5) is 43.3. The number of carbonyl (C=O) groups excluding carboxylic acids is 3. The van der Waals surface area contributed by atoms with Crippen molar-refractivity contribution in [1.82, 2.24) is 4.31 Å². The van der Waals surface area contributed by atoms with Crippen LogP contribution >= 0.6 is 0 Å². The number of sulfonamides is 1. The Morgan fingerprint density at radius 1 is 1.11 bits per heavy atom. The molecule has 14 heteroatoms. The van der Waals surface area contributed by atoms with Crippen LogP contribution in [0.4, 0.5) is 10.5 Å². The summed E-state index contributed by atoms with van der Waals surface area (Å²) >= 11 is 0. The van der Waals surface area contributed by atoms with Crippen LogP contribution in [0.25, 0.3) is 0 Å². The third kappa shape index (κ3) is 12.6. The minimum absolute atomic E-state index is 0.155. The van der Waals surface area contributed by atoms with Crippen LogP contribution in [0.5, 0.6) is 5.75 Å². The van der Waals surface area contributed by atoms with Gasteiger partial charge in [-0.05, 0) is 96.0 Å². The van der Waals surface area contributed by atoms with Gasteiger partial charge in [0.2, 0.25) is 15.9 Å². The average Bonchev–Trinajstić information content (AvgIpc) is 3.10. The number of nitrogens with zero attached hydrogens (tertiary/aromatic N) is 2. The zero-order valence-corrected chi connectivity index (χ0v) is 35.9. The summed E-state index contributed by atoms with van der Waals surface area (Å²) in [6, 6.07) is 6.29. The quantitative estimate of drug-likeness (QED) is 0.0584. The second-order valence-corrected chi connectivity index (χ2v) is 24.5. The van der Waals surface area contributed by atoms with E-state index in [1.54, 1.807) is 57.0 Å². The lowest BCUT2D eigenvalue weighted by Gasteiger charge is -2.50. The van der Waals surface area contributed by atoms with Crippen molar-refractivity contribution in [2.45, 2.75) is 135 Å². The Labute approximate surface area is 329 Å². The topological polar surface area (TPSA) is 138 Å². The molecule has 2 fully saturated rings. The molecule has 4 rings (SSSR count). The van der Waals surface area contributed by atoms with E-state index in [4.69, 9.17) is 23.7 Å². The number of rotatable bonds is 15. The van der Waals surface area contributed by atoms with Gasteiger partial charge in [-0.2, -0.15) is 4.31 Å². The van der Waals surface area contributed by atoms with Crippen molar-refractivity contribution >= 4 is 41.8 Å². The molecule has 1 unspecified atom stereocenters. The molecular weight excluding hydrogens is 741 g/mol. The lowest BCUT2D eigenvalue weighted by molar-refractivity contribution is -0.162. The smallest absolute Gasteiger partial charge is 0.425 e. The predicted molar refractivity (Wildman–Crippen MR) is 215 cm³/mol. The summed E-state index contributed by atoms with van der Waals surface area (Å²) in [6.07, 6.45) is 7.27. The van der Waals surface area contributed by atoms with E-state index in [0.717, 1.165) is 30.0 Å². The number of fused-ring (bicyclic) bond motifs is 1. The van der Waals surface area contributed by atoms with Crippen LogP contribution in [-0.2, 0) is 38.6 Å². The Balaban J connectivity index is 1.77. The number of hydrogen-bond acceptors (Lipinski definition) is 10. The fraction of sp³-hybridized carbons (Fsp3) is 0.683. The number of ether oxygens (including phenoxy) is 5. The van der Waals surface area contributed by atoms with Crippen molar-refractivity contribution in [2.75, 3.05) is 37.5 Å². The molecule has 0 spiro atoms. The van der Waals surface area contributed by atoms with E-state index in [9.17, 15) is 18.0 Å². The molecule has 12 nitrogen and oxygen atoms in total. The Hall–Kier alpha value is -3.38. The molecule has 0 bridgehead atoms. The molecule has 2 aliphatic heterocycles. The number of unbranched alkanes of at least 4 members (excludes halogenated alkanes) is 2. The first-order valence-electron chi connectivity index (χ1n) is 19.6. The molecule has 1 aromatic rings. The number of methoxy groups -OCH3 is 1. The number of benzene rings is 1. The number of amides is 2. The van der Waals surface area contributed by atoms with Crippen molar-refractivity contribution in [1.29, 1.82) is 0 Å². The SMILES string of the molecule is COc1ccc(N2CC[C@@H]3[C@H](OC(C)=O)CC=C[C@]3(C[C@@H](C#CCCCCOC3CCCCO3)N(C(=O)OC(C)(C)C)S(=O)(=O)CC[Si](C)(C)C)C2=O)cc1. The van der Waals surface area contributed by atoms with Crippen molar-refractivity contribution in [3.05, 3.63) is 36.4 Å². The summed E-state index contributed by atoms with van der Waals surface area (Å²) in [7, 11) is -4.62. The molecule has 306 valence electrons. The minimum Gasteiger partial charge on any atom is -0.497 e. The third-order valence-electron chi connectivity index (χ3n) is 10.1. The average molecular weight is 803 g/mol. The van der Waals surface area contributed by atoms with Gasteiger partial charge in [-0.1, -0.05) is 37.7 Å². The largest absolute Gasteiger partial charge is 0.497 e. The molecule has 5 atom stereocenters. The van der Waals surface area contributed by atoms with Crippen LogP contribution in [0.3, 0.4) is 0 Å². The van der Waals surface area contributed by atoms with E-state index < -0.39 is 59.2 Å². The van der Waals surface area contributed by atoms with Gasteiger partial charge < -0.3 is 28.6 Å². The lowest BCUT2D eigenvalue weighted by atomic mass is 9.61. The predicted octanol–water partition coefficient (Wildman–Crippen LogP) is 7.31. The van der Waals surface area contributed by atoms with Gasteiger partial charge in [-0.15, -0.1) is 5.92 Å². The van der Waals surface area contributed by atoms with Gasteiger partial charge in [0.05, 0.1) is 18.3 Å². The van der Waals surface area contributed by atoms with Gasteiger partial charge in [0.15, 0.2) is 6.29 Å². The van der Waals surface area contributed by atoms with Gasteiger partial charge in [0.1, 0.15) is 23.5 Å². The number of esters is 1. The molecule has 55 heavy (non-hydrogen) atoms. The van der Waals surface area contributed by atoms with E-state index >= 15 is 4.79 Å². The summed E-state index contributed by atoms with van der Waals surface area (Å²) in [5, 5.41) is 0. The minimum atomic E-state index is -4.30. The molecule has 1 aromatic carbocycles. The van der Waals surface area contributed by atoms with Gasteiger partial charge in [0.25, 0.3) is 0 Å². The van der Waals surface area contributed by atoms with E-state index in [-0.39, 0.29) is 24.4 Å². The molecule has 0 aromatic heterocycles. The highest BCUT2D eigenvalue weighted by Crippen LogP contribution is 2.50. The first-order valence-corrected chi connectivity index (χ1v) is 24.9. The monoisotopic (exact) mass is 802 g/mol. The third-order valence-corrected chi connectivity index (χ3v) is 13.9. The van der Waals surface area contributed by atoms with E-state index in [2.05, 4.69) is 31.5 Å². The maximum Gasteiger partial charge on any atom is 0.425 e. The standard InChI is InChI=1S/C41H62N2O10SSi/c1-31(44)52-36-17-15-24-41(35(36)23-25-42(38(41)45)32-19-21-34(49-5)22-20-32)30-33(16-11-9-10-13-26-50-37-18-12-14-27-51-37)43(39(46)53-40(2,3)4)54(47,48)28-29-55(6,7)8/h15,19-22,24,33,35-37H,9-10,12-14,17-18,23,25-30H2,1-8H3/t33-,35-,36-,37?,41-/m1/s1. The highest BCUT2D eigenvalue weighted by Gasteiger charge is 2.56. The number of anilines is 1. The van der Waals surface area contributed by atoms with E-state index in [1.165, 1.54) is 6.92 Å². The number of piperidine rings is 1. The first kappa shape index (κ1) is 44.3. The molecule has 2 heterocycles. The molecule has 2 amide bonds. The van der Waals surface area contributed by atoms with Crippen LogP contribution in [0.2, 0.25) is 25.7 Å². The molecule has 0 saturated carbocycles. The number of carbonyl (C=O) groups is 3. The Bertz CT molecular complexity index is 1670. The normalized spacial score (nSPS) is 23.5. The van der Waals surface area contributed by atoms with Gasteiger partial charge in [-0.3, -0.25) is 9.59 Å². The van der Waals surface area contributed by atoms with E-state index in [0.29, 0.717) is 62.9 Å². The first-order chi connectivity index (χ1) is 25.8. The summed E-state index contributed by atoms with van der Waals surface area (Å²) in [5.41, 5.74) is -1.75. The second-order valence-electron chi connectivity index (χ2n) is 16.9.